The molecule has 0 aliphatic carbocycles. The summed E-state index contributed by atoms with van der Waals surface area (Å²) in [7, 11) is 0. The summed E-state index contributed by atoms with van der Waals surface area (Å²) in [4.78, 5) is 0. The fourth-order valence-electron chi connectivity index (χ4n) is 2.75. The lowest BCUT2D eigenvalue weighted by Crippen LogP contribution is -2.04. The molecule has 0 fully saturated rings. The van der Waals surface area contributed by atoms with Crippen molar-refractivity contribution in [2.24, 2.45) is 0 Å². The van der Waals surface area contributed by atoms with E-state index in [9.17, 15) is 13.2 Å². The van der Waals surface area contributed by atoms with Crippen LogP contribution in [0.4, 0.5) is 13.2 Å². The smallest absolute Gasteiger partial charge is 0.192 e. The zero-order valence-corrected chi connectivity index (χ0v) is 15.3. The number of thioether (sulfide) groups is 1. The van der Waals surface area contributed by atoms with Crippen LogP contribution in [0.5, 0.6) is 0 Å². The molecule has 4 rings (SSSR count). The van der Waals surface area contributed by atoms with Gasteiger partial charge in [-0.3, -0.25) is 4.57 Å². The van der Waals surface area contributed by atoms with Crippen LogP contribution < -0.4 is 0 Å². The van der Waals surface area contributed by atoms with Gasteiger partial charge in [-0.1, -0.05) is 30.0 Å². The first-order valence-electron chi connectivity index (χ1n) is 8.39. The molecule has 0 amide bonds. The fraction of sp³-hybridized carbons (Fsp3) is 0.100. The third-order valence-electron chi connectivity index (χ3n) is 4.13. The van der Waals surface area contributed by atoms with Crippen molar-refractivity contribution in [1.82, 2.24) is 14.8 Å². The Morgan fingerprint density at radius 3 is 2.32 bits per heavy atom. The molecule has 0 atom stereocenters. The maximum absolute atomic E-state index is 14.3. The zero-order valence-electron chi connectivity index (χ0n) is 14.5. The molecule has 28 heavy (non-hydrogen) atoms. The van der Waals surface area contributed by atoms with Crippen LogP contribution in [0.2, 0.25) is 0 Å². The van der Waals surface area contributed by atoms with Gasteiger partial charge in [-0.2, -0.15) is 0 Å². The van der Waals surface area contributed by atoms with Gasteiger partial charge in [0, 0.05) is 11.3 Å². The first kappa shape index (κ1) is 18.4. The zero-order chi connectivity index (χ0) is 19.5. The summed E-state index contributed by atoms with van der Waals surface area (Å²) in [5, 5.41) is 8.62. The molecule has 0 aliphatic heterocycles. The molecule has 142 valence electrons. The second-order valence-electron chi connectivity index (χ2n) is 5.94. The molecule has 0 saturated heterocycles. The Bertz CT molecular complexity index is 1080. The normalized spacial score (nSPS) is 11.1. The van der Waals surface area contributed by atoms with Crippen LogP contribution in [0.25, 0.3) is 11.4 Å². The van der Waals surface area contributed by atoms with E-state index in [1.807, 2.05) is 0 Å². The Hall–Kier alpha value is -3.00. The van der Waals surface area contributed by atoms with Crippen LogP contribution >= 0.6 is 11.8 Å². The summed E-state index contributed by atoms with van der Waals surface area (Å²) in [5.74, 6) is -0.737. The van der Waals surface area contributed by atoms with Gasteiger partial charge in [0.15, 0.2) is 11.0 Å². The first-order valence-corrected chi connectivity index (χ1v) is 9.38. The Labute approximate surface area is 163 Å². The number of halogens is 3. The summed E-state index contributed by atoms with van der Waals surface area (Å²) in [6.45, 7) is 0.256. The van der Waals surface area contributed by atoms with Crippen LogP contribution in [-0.4, -0.2) is 14.8 Å². The monoisotopic (exact) mass is 401 g/mol. The van der Waals surface area contributed by atoms with E-state index in [0.29, 0.717) is 16.7 Å². The predicted octanol–water partition coefficient (Wildman–Crippen LogP) is 5.30. The van der Waals surface area contributed by atoms with Crippen molar-refractivity contribution in [2.45, 2.75) is 17.5 Å². The molecule has 8 heteroatoms. The number of benzene rings is 2. The molecule has 4 nitrogen and oxygen atoms in total. The molecule has 0 radical (unpaired) electrons. The van der Waals surface area contributed by atoms with E-state index in [-0.39, 0.29) is 23.4 Å². The molecule has 0 unspecified atom stereocenters. The molecular formula is C20H14F3N3OS. The van der Waals surface area contributed by atoms with Gasteiger partial charge >= 0.3 is 0 Å². The van der Waals surface area contributed by atoms with Crippen molar-refractivity contribution in [3.05, 3.63) is 89.6 Å². The summed E-state index contributed by atoms with van der Waals surface area (Å²) < 4.78 is 49.2. The van der Waals surface area contributed by atoms with Gasteiger partial charge in [0.1, 0.15) is 23.2 Å². The summed E-state index contributed by atoms with van der Waals surface area (Å²) in [5.41, 5.74) is 0.234. The number of aromatic nitrogens is 3. The third-order valence-corrected chi connectivity index (χ3v) is 5.13. The molecule has 2 aromatic heterocycles. The van der Waals surface area contributed by atoms with E-state index in [1.165, 1.54) is 30.5 Å². The fourth-order valence-corrected chi connectivity index (χ4v) is 3.70. The highest BCUT2D eigenvalue weighted by atomic mass is 32.2. The topological polar surface area (TPSA) is 43.9 Å². The number of nitrogens with zero attached hydrogens (tertiary/aromatic N) is 3. The summed E-state index contributed by atoms with van der Waals surface area (Å²) in [6, 6.07) is 13.5. The highest BCUT2D eigenvalue weighted by Gasteiger charge is 2.19. The van der Waals surface area contributed by atoms with E-state index in [1.54, 1.807) is 34.9 Å². The van der Waals surface area contributed by atoms with Gasteiger partial charge in [-0.25, -0.2) is 13.2 Å². The van der Waals surface area contributed by atoms with Crippen molar-refractivity contribution in [2.75, 3.05) is 0 Å². The van der Waals surface area contributed by atoms with Crippen molar-refractivity contribution in [3.8, 4) is 11.4 Å². The molecule has 0 spiro atoms. The lowest BCUT2D eigenvalue weighted by atomic mass is 10.2. The standard InChI is InChI=1S/C20H14F3N3OS/c21-16-7-2-1-6-14(16)19-24-25-20(26(19)11-13-5-4-10-27-13)28-12-15-17(22)8-3-9-18(15)23/h1-10H,11-12H2. The number of hydrogen-bond donors (Lipinski definition) is 0. The van der Waals surface area contributed by atoms with Crippen molar-refractivity contribution >= 4 is 11.8 Å². The number of hydrogen-bond acceptors (Lipinski definition) is 4. The second kappa shape index (κ2) is 7.93. The predicted molar refractivity (Wildman–Crippen MR) is 99.1 cm³/mol. The SMILES string of the molecule is Fc1ccccc1-c1nnc(SCc2c(F)cccc2F)n1Cc1ccco1. The van der Waals surface area contributed by atoms with Crippen LogP contribution in [0.3, 0.4) is 0 Å². The Kier molecular flexibility index (Phi) is 5.21. The third kappa shape index (κ3) is 3.68. The van der Waals surface area contributed by atoms with E-state index >= 15 is 0 Å². The number of furan rings is 1. The first-order chi connectivity index (χ1) is 13.6. The van der Waals surface area contributed by atoms with Crippen molar-refractivity contribution in [3.63, 3.8) is 0 Å². The minimum atomic E-state index is -0.626. The highest BCUT2D eigenvalue weighted by molar-refractivity contribution is 7.98. The van der Waals surface area contributed by atoms with Gasteiger partial charge in [0.05, 0.1) is 18.4 Å². The van der Waals surface area contributed by atoms with E-state index in [4.69, 9.17) is 4.42 Å². The minimum absolute atomic E-state index is 0.0199. The van der Waals surface area contributed by atoms with Gasteiger partial charge in [-0.05, 0) is 36.4 Å². The average Bonchev–Trinajstić information content (AvgIpc) is 3.33. The van der Waals surface area contributed by atoms with Gasteiger partial charge in [-0.15, -0.1) is 10.2 Å². The van der Waals surface area contributed by atoms with E-state index in [0.717, 1.165) is 11.8 Å². The number of rotatable bonds is 6. The summed E-state index contributed by atoms with van der Waals surface area (Å²) >= 11 is 1.12. The molecular weight excluding hydrogens is 387 g/mol. The largest absolute Gasteiger partial charge is 0.467 e. The van der Waals surface area contributed by atoms with Crippen molar-refractivity contribution < 1.29 is 17.6 Å². The maximum atomic E-state index is 14.3. The molecule has 4 aromatic rings. The van der Waals surface area contributed by atoms with E-state index in [2.05, 4.69) is 10.2 Å². The Balaban J connectivity index is 1.70. The molecule has 2 heterocycles. The van der Waals surface area contributed by atoms with Crippen LogP contribution in [0, 0.1) is 17.5 Å². The molecule has 0 bridgehead atoms. The van der Waals surface area contributed by atoms with Crippen molar-refractivity contribution in [1.29, 1.82) is 0 Å². The highest BCUT2D eigenvalue weighted by Crippen LogP contribution is 2.30. The van der Waals surface area contributed by atoms with Gasteiger partial charge < -0.3 is 4.42 Å². The second-order valence-corrected chi connectivity index (χ2v) is 6.88. The Morgan fingerprint density at radius 1 is 0.857 bits per heavy atom. The average molecular weight is 401 g/mol. The molecule has 0 aliphatic rings. The molecule has 0 N–H and O–H groups in total. The van der Waals surface area contributed by atoms with Crippen LogP contribution in [0.15, 0.2) is 70.4 Å². The van der Waals surface area contributed by atoms with Crippen LogP contribution in [-0.2, 0) is 12.3 Å². The van der Waals surface area contributed by atoms with Gasteiger partial charge in [0.2, 0.25) is 0 Å². The lowest BCUT2D eigenvalue weighted by molar-refractivity contribution is 0.485. The van der Waals surface area contributed by atoms with E-state index < -0.39 is 17.5 Å². The lowest BCUT2D eigenvalue weighted by Gasteiger charge is -2.10. The molecule has 0 saturated carbocycles. The minimum Gasteiger partial charge on any atom is -0.467 e. The molecule has 2 aromatic carbocycles. The van der Waals surface area contributed by atoms with Crippen LogP contribution in [0.1, 0.15) is 11.3 Å². The Morgan fingerprint density at radius 2 is 1.61 bits per heavy atom. The maximum Gasteiger partial charge on any atom is 0.192 e. The quantitative estimate of drug-likeness (QED) is 0.412. The van der Waals surface area contributed by atoms with Gasteiger partial charge in [0.25, 0.3) is 0 Å². The summed E-state index contributed by atoms with van der Waals surface area (Å²) in [6.07, 6.45) is 1.53.